The van der Waals surface area contributed by atoms with Crippen LogP contribution in [0.25, 0.3) is 0 Å². The quantitative estimate of drug-likeness (QED) is 0.265. The van der Waals surface area contributed by atoms with Crippen LogP contribution in [-0.2, 0) is 5.75 Å². The maximum atomic E-state index is 11.5. The fraction of sp³-hybridized carbons (Fsp3) is 0.0833. The summed E-state index contributed by atoms with van der Waals surface area (Å²) in [6.45, 7) is 0. The molecule has 1 heterocycles. The summed E-state index contributed by atoms with van der Waals surface area (Å²) in [7, 11) is 0. The Morgan fingerprint density at radius 1 is 1.42 bits per heavy atom. The summed E-state index contributed by atoms with van der Waals surface area (Å²) >= 11 is 7.28. The summed E-state index contributed by atoms with van der Waals surface area (Å²) in [5, 5.41) is 0.586. The molecule has 5 nitrogen and oxygen atoms in total. The molecule has 0 bridgehead atoms. The second-order valence-electron chi connectivity index (χ2n) is 3.70. The van der Waals surface area contributed by atoms with Gasteiger partial charge < -0.3 is 10.2 Å². The van der Waals surface area contributed by atoms with Gasteiger partial charge in [-0.3, -0.25) is 10.2 Å². The Morgan fingerprint density at radius 2 is 2.21 bits per heavy atom. The second-order valence-corrected chi connectivity index (χ2v) is 5.16. The number of nitrogens with one attached hydrogen (secondary N) is 1. The molecule has 2 rings (SSSR count). The highest BCUT2D eigenvalue weighted by Crippen LogP contribution is 2.31. The minimum Gasteiger partial charge on any atom is -0.468 e. The average molecular weight is 298 g/mol. The first-order valence-electron chi connectivity index (χ1n) is 5.37. The average Bonchev–Trinajstić information content (AvgIpc) is 2.85. The van der Waals surface area contributed by atoms with Gasteiger partial charge in [0.05, 0.1) is 17.6 Å². The van der Waals surface area contributed by atoms with Crippen molar-refractivity contribution < 1.29 is 9.21 Å². The van der Waals surface area contributed by atoms with Crippen LogP contribution in [0.1, 0.15) is 16.1 Å². The van der Waals surface area contributed by atoms with E-state index in [1.54, 1.807) is 18.2 Å². The number of rotatable bonds is 4. The Bertz CT molecular complexity index is 600. The lowest BCUT2D eigenvalue weighted by molar-refractivity contribution is 0.0952. The molecule has 1 amide bonds. The van der Waals surface area contributed by atoms with Crippen LogP contribution in [0.4, 0.5) is 5.69 Å². The van der Waals surface area contributed by atoms with Gasteiger partial charge in [0, 0.05) is 15.6 Å². The maximum Gasteiger partial charge on any atom is 0.268 e. The minimum absolute atomic E-state index is 0.381. The topological polar surface area (TPSA) is 94.3 Å². The zero-order valence-corrected chi connectivity index (χ0v) is 11.4. The molecule has 0 aliphatic carbocycles. The number of amides is 1. The standard InChI is InChI=1S/C12H12ClN3O2S/c13-7-1-2-11(9(14)5-7)19-6-10-8(3-4-18-10)12(17)16-15/h1-5H,6,14-15H2,(H,16,17). The van der Waals surface area contributed by atoms with E-state index in [9.17, 15) is 4.79 Å². The third-order valence-corrected chi connectivity index (χ3v) is 3.78. The number of hydrogen-bond donors (Lipinski definition) is 3. The molecule has 0 atom stereocenters. The van der Waals surface area contributed by atoms with Gasteiger partial charge in [-0.1, -0.05) is 11.6 Å². The van der Waals surface area contributed by atoms with Crippen LogP contribution < -0.4 is 17.0 Å². The van der Waals surface area contributed by atoms with E-state index in [4.69, 9.17) is 27.6 Å². The van der Waals surface area contributed by atoms with Crippen molar-refractivity contribution in [1.29, 1.82) is 0 Å². The van der Waals surface area contributed by atoms with Crippen molar-refractivity contribution in [3.8, 4) is 0 Å². The first-order valence-corrected chi connectivity index (χ1v) is 6.73. The van der Waals surface area contributed by atoms with Crippen molar-refractivity contribution in [2.75, 3.05) is 5.73 Å². The molecule has 1 aromatic heterocycles. The molecule has 5 N–H and O–H groups in total. The summed E-state index contributed by atoms with van der Waals surface area (Å²) in [6.07, 6.45) is 1.45. The van der Waals surface area contributed by atoms with Gasteiger partial charge in [-0.15, -0.1) is 11.8 Å². The van der Waals surface area contributed by atoms with E-state index >= 15 is 0 Å². The molecule has 0 fully saturated rings. The molecule has 2 aromatic rings. The van der Waals surface area contributed by atoms with Crippen molar-refractivity contribution >= 4 is 35.0 Å². The van der Waals surface area contributed by atoms with Gasteiger partial charge in [-0.2, -0.15) is 0 Å². The Morgan fingerprint density at radius 3 is 2.89 bits per heavy atom. The van der Waals surface area contributed by atoms with Gasteiger partial charge in [0.15, 0.2) is 0 Å². The van der Waals surface area contributed by atoms with E-state index in [1.807, 2.05) is 6.07 Å². The van der Waals surface area contributed by atoms with Crippen LogP contribution >= 0.6 is 23.4 Å². The predicted molar refractivity (Wildman–Crippen MR) is 75.8 cm³/mol. The molecule has 0 aliphatic heterocycles. The molecule has 7 heteroatoms. The number of nitrogens with two attached hydrogens (primary N) is 2. The fourth-order valence-corrected chi connectivity index (χ4v) is 2.61. The van der Waals surface area contributed by atoms with Gasteiger partial charge in [0.1, 0.15) is 5.76 Å². The number of benzene rings is 1. The first-order chi connectivity index (χ1) is 9.11. The van der Waals surface area contributed by atoms with E-state index in [0.29, 0.717) is 27.8 Å². The highest BCUT2D eigenvalue weighted by Gasteiger charge is 2.14. The lowest BCUT2D eigenvalue weighted by atomic mass is 10.2. The number of halogens is 1. The smallest absolute Gasteiger partial charge is 0.268 e. The molecule has 0 saturated carbocycles. The SMILES string of the molecule is NNC(=O)c1ccoc1CSc1ccc(Cl)cc1N. The highest BCUT2D eigenvalue weighted by atomic mass is 35.5. The third kappa shape index (κ3) is 3.23. The lowest BCUT2D eigenvalue weighted by Gasteiger charge is -2.05. The van der Waals surface area contributed by atoms with E-state index in [2.05, 4.69) is 5.43 Å². The number of furan rings is 1. The highest BCUT2D eigenvalue weighted by molar-refractivity contribution is 7.98. The Balaban J connectivity index is 2.10. The molecule has 0 radical (unpaired) electrons. The molecule has 0 aliphatic rings. The van der Waals surface area contributed by atoms with Crippen molar-refractivity contribution in [2.45, 2.75) is 10.6 Å². The first kappa shape index (κ1) is 13.8. The molecule has 0 spiro atoms. The van der Waals surface area contributed by atoms with Gasteiger partial charge in [0.2, 0.25) is 0 Å². The number of anilines is 1. The van der Waals surface area contributed by atoms with Gasteiger partial charge in [-0.25, -0.2) is 5.84 Å². The number of hydrogen-bond acceptors (Lipinski definition) is 5. The zero-order chi connectivity index (χ0) is 13.8. The number of nitrogen functional groups attached to an aromatic ring is 2. The molecule has 19 heavy (non-hydrogen) atoms. The van der Waals surface area contributed by atoms with Gasteiger partial charge >= 0.3 is 0 Å². The van der Waals surface area contributed by atoms with Crippen LogP contribution in [0.15, 0.2) is 39.8 Å². The maximum absolute atomic E-state index is 11.5. The second kappa shape index (κ2) is 6.01. The van der Waals surface area contributed by atoms with Crippen LogP contribution in [0.5, 0.6) is 0 Å². The summed E-state index contributed by atoms with van der Waals surface area (Å²) in [6, 6.07) is 6.84. The largest absolute Gasteiger partial charge is 0.468 e. The molecule has 0 unspecified atom stereocenters. The lowest BCUT2D eigenvalue weighted by Crippen LogP contribution is -2.30. The third-order valence-electron chi connectivity index (χ3n) is 2.45. The summed E-state index contributed by atoms with van der Waals surface area (Å²) in [5.74, 6) is 5.73. The Hall–Kier alpha value is -1.63. The molecule has 1 aromatic carbocycles. The zero-order valence-electron chi connectivity index (χ0n) is 9.85. The Kier molecular flexibility index (Phi) is 4.36. The summed E-state index contributed by atoms with van der Waals surface area (Å²) in [5.41, 5.74) is 8.93. The molecule has 100 valence electrons. The van der Waals surface area contributed by atoms with Crippen molar-refractivity contribution in [3.05, 3.63) is 46.9 Å². The van der Waals surface area contributed by atoms with Gasteiger partial charge in [-0.05, 0) is 24.3 Å². The van der Waals surface area contributed by atoms with Crippen LogP contribution in [0.3, 0.4) is 0 Å². The molecular formula is C12H12ClN3O2S. The minimum atomic E-state index is -0.381. The number of carbonyl (C=O) groups is 1. The van der Waals surface area contributed by atoms with Crippen molar-refractivity contribution in [2.24, 2.45) is 5.84 Å². The van der Waals surface area contributed by atoms with Crippen LogP contribution in [0, 0.1) is 0 Å². The number of carbonyl (C=O) groups excluding carboxylic acids is 1. The van der Waals surface area contributed by atoms with Crippen molar-refractivity contribution in [1.82, 2.24) is 5.43 Å². The number of hydrazine groups is 1. The molecule has 0 saturated heterocycles. The van der Waals surface area contributed by atoms with Gasteiger partial charge in [0.25, 0.3) is 5.91 Å². The molecular weight excluding hydrogens is 286 g/mol. The summed E-state index contributed by atoms with van der Waals surface area (Å²) < 4.78 is 5.27. The predicted octanol–water partition coefficient (Wildman–Crippen LogP) is 2.41. The van der Waals surface area contributed by atoms with E-state index in [1.165, 1.54) is 18.0 Å². The van der Waals surface area contributed by atoms with Crippen LogP contribution in [-0.4, -0.2) is 5.91 Å². The Labute approximate surface area is 119 Å². The van der Waals surface area contributed by atoms with E-state index in [0.717, 1.165) is 4.90 Å². The van der Waals surface area contributed by atoms with E-state index in [-0.39, 0.29) is 5.91 Å². The fourth-order valence-electron chi connectivity index (χ4n) is 1.53. The van der Waals surface area contributed by atoms with E-state index < -0.39 is 0 Å². The summed E-state index contributed by atoms with van der Waals surface area (Å²) in [4.78, 5) is 12.3. The van der Waals surface area contributed by atoms with Crippen LogP contribution in [0.2, 0.25) is 5.02 Å². The normalized spacial score (nSPS) is 10.4. The monoisotopic (exact) mass is 297 g/mol. The number of thioether (sulfide) groups is 1. The van der Waals surface area contributed by atoms with Crippen molar-refractivity contribution in [3.63, 3.8) is 0 Å².